The number of aromatic nitrogens is 4. The molecule has 2 aromatic heterocycles. The topological polar surface area (TPSA) is 127 Å². The highest BCUT2D eigenvalue weighted by Gasteiger charge is 2.05. The molecule has 4 N–H and O–H groups in total. The van der Waals surface area contributed by atoms with Crippen molar-refractivity contribution in [2.75, 3.05) is 5.73 Å². The fourth-order valence-corrected chi connectivity index (χ4v) is 1.61. The number of allylic oxidation sites excluding steroid dienone is 2. The number of fused-ring (bicyclic) bond motifs is 1. The van der Waals surface area contributed by atoms with E-state index in [-0.39, 0.29) is 5.82 Å². The Morgan fingerprint density at radius 1 is 1.28 bits per heavy atom. The highest BCUT2D eigenvalue weighted by molar-refractivity contribution is 7.55. The van der Waals surface area contributed by atoms with E-state index in [0.29, 0.717) is 11.2 Å². The first kappa shape index (κ1) is 12.4. The second-order valence-electron chi connectivity index (χ2n) is 3.36. The van der Waals surface area contributed by atoms with Gasteiger partial charge in [0.15, 0.2) is 17.0 Å². The molecule has 9 heteroatoms. The summed E-state index contributed by atoms with van der Waals surface area (Å²) in [4.78, 5) is 29.1. The van der Waals surface area contributed by atoms with Gasteiger partial charge in [0.1, 0.15) is 12.7 Å². The zero-order valence-corrected chi connectivity index (χ0v) is 9.97. The molecule has 0 aliphatic heterocycles. The molecule has 2 aromatic rings. The molecule has 0 unspecified atom stereocenters. The van der Waals surface area contributed by atoms with Gasteiger partial charge in [-0.05, 0) is 6.08 Å². The molecule has 0 radical (unpaired) electrons. The molecule has 0 bridgehead atoms. The predicted octanol–water partition coefficient (Wildman–Crippen LogP) is 0.571. The van der Waals surface area contributed by atoms with Gasteiger partial charge in [-0.2, -0.15) is 0 Å². The molecule has 8 nitrogen and oxygen atoms in total. The van der Waals surface area contributed by atoms with Crippen LogP contribution in [0.25, 0.3) is 17.4 Å². The number of rotatable bonds is 3. The zero-order valence-electron chi connectivity index (χ0n) is 9.08. The molecule has 0 fully saturated rings. The largest absolute Gasteiger partial charge is 0.382 e. The predicted molar refractivity (Wildman–Crippen MR) is 66.2 cm³/mol. The lowest BCUT2D eigenvalue weighted by Gasteiger charge is -1.95. The van der Waals surface area contributed by atoms with E-state index >= 15 is 0 Å². The minimum Gasteiger partial charge on any atom is -0.382 e. The van der Waals surface area contributed by atoms with E-state index in [1.54, 1.807) is 10.8 Å². The van der Waals surface area contributed by atoms with Gasteiger partial charge in [-0.1, -0.05) is 6.08 Å². The molecule has 0 aliphatic carbocycles. The molecular formula is C9H10N5O3P. The quantitative estimate of drug-likeness (QED) is 0.548. The maximum Gasteiger partial charge on any atom is 0.349 e. The summed E-state index contributed by atoms with van der Waals surface area (Å²) in [6, 6.07) is 0. The molecule has 0 aromatic carbocycles. The first-order valence-corrected chi connectivity index (χ1v) is 6.50. The third-order valence-corrected chi connectivity index (χ3v) is 2.59. The molecule has 2 heterocycles. The number of nitrogen functional groups attached to an aromatic ring is 1. The highest BCUT2D eigenvalue weighted by Crippen LogP contribution is 2.35. The minimum absolute atomic E-state index is 0.276. The molecule has 0 saturated carbocycles. The van der Waals surface area contributed by atoms with Crippen LogP contribution in [0.4, 0.5) is 5.82 Å². The van der Waals surface area contributed by atoms with Crippen LogP contribution in [0.5, 0.6) is 0 Å². The normalized spacial score (nSPS) is 13.0. The smallest absolute Gasteiger partial charge is 0.349 e. The van der Waals surface area contributed by atoms with Crippen molar-refractivity contribution in [3.63, 3.8) is 0 Å². The molecule has 2 rings (SSSR count). The summed E-state index contributed by atoms with van der Waals surface area (Å²) in [5, 5.41) is 0. The van der Waals surface area contributed by atoms with Crippen molar-refractivity contribution in [2.24, 2.45) is 0 Å². The van der Waals surface area contributed by atoms with E-state index in [9.17, 15) is 4.57 Å². The van der Waals surface area contributed by atoms with Gasteiger partial charge in [0, 0.05) is 12.0 Å². The Kier molecular flexibility index (Phi) is 3.24. The average molecular weight is 267 g/mol. The second kappa shape index (κ2) is 4.69. The maximum absolute atomic E-state index is 10.6. The Bertz CT molecular complexity index is 672. The van der Waals surface area contributed by atoms with Crippen molar-refractivity contribution >= 4 is 30.8 Å². The maximum atomic E-state index is 10.6. The summed E-state index contributed by atoms with van der Waals surface area (Å²) < 4.78 is 12.1. The lowest BCUT2D eigenvalue weighted by atomic mass is 10.5. The molecule has 0 spiro atoms. The Labute approximate surface area is 102 Å². The molecule has 94 valence electrons. The monoisotopic (exact) mass is 267 g/mol. The van der Waals surface area contributed by atoms with E-state index in [2.05, 4.69) is 15.0 Å². The van der Waals surface area contributed by atoms with E-state index in [0.717, 1.165) is 5.82 Å². The van der Waals surface area contributed by atoms with Crippen molar-refractivity contribution in [3.05, 3.63) is 30.6 Å². The summed E-state index contributed by atoms with van der Waals surface area (Å²) in [6.07, 6.45) is 7.05. The van der Waals surface area contributed by atoms with Gasteiger partial charge in [-0.15, -0.1) is 0 Å². The fourth-order valence-electron chi connectivity index (χ4n) is 1.28. The number of nitrogens with zero attached hydrogens (tertiary/aromatic N) is 4. The van der Waals surface area contributed by atoms with E-state index in [4.69, 9.17) is 15.5 Å². The van der Waals surface area contributed by atoms with Crippen LogP contribution < -0.4 is 5.73 Å². The van der Waals surface area contributed by atoms with E-state index in [1.807, 2.05) is 0 Å². The van der Waals surface area contributed by atoms with Crippen LogP contribution in [0.1, 0.15) is 0 Å². The summed E-state index contributed by atoms with van der Waals surface area (Å²) in [7, 11) is -4.13. The molecular weight excluding hydrogens is 257 g/mol. The van der Waals surface area contributed by atoms with Crippen LogP contribution in [-0.4, -0.2) is 29.3 Å². The SMILES string of the molecule is Nc1ncnc2c1ncn2/C=C/C=C/P(=O)(O)O. The van der Waals surface area contributed by atoms with Crippen molar-refractivity contribution in [1.29, 1.82) is 0 Å². The van der Waals surface area contributed by atoms with Crippen molar-refractivity contribution < 1.29 is 14.4 Å². The molecule has 0 amide bonds. The lowest BCUT2D eigenvalue weighted by molar-refractivity contribution is 0.386. The van der Waals surface area contributed by atoms with Gasteiger partial charge in [0.25, 0.3) is 0 Å². The number of nitrogens with two attached hydrogens (primary N) is 1. The van der Waals surface area contributed by atoms with Gasteiger partial charge in [-0.3, -0.25) is 9.13 Å². The number of anilines is 1. The van der Waals surface area contributed by atoms with Crippen molar-refractivity contribution in [2.45, 2.75) is 0 Å². The van der Waals surface area contributed by atoms with Crippen LogP contribution >= 0.6 is 7.60 Å². The third-order valence-electron chi connectivity index (χ3n) is 2.03. The first-order valence-electron chi connectivity index (χ1n) is 4.81. The minimum atomic E-state index is -4.13. The number of hydrogen-bond donors (Lipinski definition) is 3. The highest BCUT2D eigenvalue weighted by atomic mass is 31.2. The van der Waals surface area contributed by atoms with Crippen molar-refractivity contribution in [1.82, 2.24) is 19.5 Å². The van der Waals surface area contributed by atoms with E-state index < -0.39 is 7.60 Å². The molecule has 0 saturated heterocycles. The van der Waals surface area contributed by atoms with Crippen LogP contribution in [0, 0.1) is 0 Å². The summed E-state index contributed by atoms with van der Waals surface area (Å²) in [6.45, 7) is 0. The molecule has 0 atom stereocenters. The molecule has 18 heavy (non-hydrogen) atoms. The van der Waals surface area contributed by atoms with Gasteiger partial charge < -0.3 is 15.5 Å². The lowest BCUT2D eigenvalue weighted by Crippen LogP contribution is -1.93. The average Bonchev–Trinajstić information content (AvgIpc) is 2.68. The number of imidazole rings is 1. The first-order chi connectivity index (χ1) is 8.47. The van der Waals surface area contributed by atoms with Crippen LogP contribution in [-0.2, 0) is 4.57 Å². The summed E-state index contributed by atoms with van der Waals surface area (Å²) >= 11 is 0. The molecule has 0 aliphatic rings. The second-order valence-corrected chi connectivity index (χ2v) is 4.83. The van der Waals surface area contributed by atoms with Crippen molar-refractivity contribution in [3.8, 4) is 0 Å². The Hall–Kier alpha value is -2.02. The standard InChI is InChI=1S/C9H10N5O3P/c10-8-7-9(12-5-11-8)14(6-13-7)3-1-2-4-18(15,16)17/h1-6H,(H2,10,11,12)(H2,15,16,17)/b3-1+,4-2+. The van der Waals surface area contributed by atoms with Crippen LogP contribution in [0.3, 0.4) is 0 Å². The number of hydrogen-bond acceptors (Lipinski definition) is 5. The van der Waals surface area contributed by atoms with E-state index in [1.165, 1.54) is 24.8 Å². The van der Waals surface area contributed by atoms with Gasteiger partial charge >= 0.3 is 7.60 Å². The summed E-state index contributed by atoms with van der Waals surface area (Å²) in [5.74, 6) is 1.07. The summed E-state index contributed by atoms with van der Waals surface area (Å²) in [5.41, 5.74) is 6.60. The third kappa shape index (κ3) is 2.80. The Morgan fingerprint density at radius 3 is 2.78 bits per heavy atom. The Balaban J connectivity index is 2.28. The van der Waals surface area contributed by atoms with Crippen LogP contribution in [0.2, 0.25) is 0 Å². The van der Waals surface area contributed by atoms with Gasteiger partial charge in [-0.25, -0.2) is 15.0 Å². The fraction of sp³-hybridized carbons (Fsp3) is 0. The Morgan fingerprint density at radius 2 is 2.06 bits per heavy atom. The van der Waals surface area contributed by atoms with Gasteiger partial charge in [0.05, 0.1) is 0 Å². The van der Waals surface area contributed by atoms with Gasteiger partial charge in [0.2, 0.25) is 0 Å². The van der Waals surface area contributed by atoms with Crippen LogP contribution in [0.15, 0.2) is 30.6 Å². The zero-order chi connectivity index (χ0) is 13.2.